The van der Waals surface area contributed by atoms with Gasteiger partial charge in [-0.2, -0.15) is 18.4 Å². The molecule has 6 nitrogen and oxygen atoms in total. The third-order valence-corrected chi connectivity index (χ3v) is 2.84. The van der Waals surface area contributed by atoms with E-state index in [0.717, 1.165) is 18.3 Å². The summed E-state index contributed by atoms with van der Waals surface area (Å²) in [6, 6.07) is 4.05. The number of rotatable bonds is 4. The molecule has 1 aromatic carbocycles. The third kappa shape index (κ3) is 5.48. The van der Waals surface area contributed by atoms with Gasteiger partial charge in [0.2, 0.25) is 0 Å². The molecule has 0 aliphatic heterocycles. The van der Waals surface area contributed by atoms with Crippen LogP contribution in [-0.2, 0) is 15.7 Å². The van der Waals surface area contributed by atoms with Gasteiger partial charge in [-0.15, -0.1) is 0 Å². The molecule has 0 saturated heterocycles. The van der Waals surface area contributed by atoms with Gasteiger partial charge in [0.05, 0.1) is 22.9 Å². The van der Waals surface area contributed by atoms with Gasteiger partial charge in [-0.1, -0.05) is 11.6 Å². The van der Waals surface area contributed by atoms with E-state index in [0.29, 0.717) is 6.07 Å². The summed E-state index contributed by atoms with van der Waals surface area (Å²) >= 11 is 5.72. The first kappa shape index (κ1) is 19.3. The van der Waals surface area contributed by atoms with Crippen LogP contribution in [0.3, 0.4) is 0 Å². The zero-order valence-electron chi connectivity index (χ0n) is 12.2. The van der Waals surface area contributed by atoms with Gasteiger partial charge >= 0.3 is 12.3 Å². The fourth-order valence-corrected chi connectivity index (χ4v) is 1.67. The molecule has 0 atom stereocenters. The van der Waals surface area contributed by atoms with Crippen molar-refractivity contribution in [3.05, 3.63) is 40.6 Å². The van der Waals surface area contributed by atoms with Crippen molar-refractivity contribution in [1.82, 2.24) is 5.32 Å². The van der Waals surface area contributed by atoms with E-state index in [2.05, 4.69) is 10.1 Å². The molecule has 1 rings (SSSR count). The van der Waals surface area contributed by atoms with E-state index in [1.165, 1.54) is 13.0 Å². The molecular formula is C14H11ClF3N3O3. The Bertz CT molecular complexity index is 711. The number of alkyl halides is 3. The van der Waals surface area contributed by atoms with Gasteiger partial charge in [-0.05, 0) is 25.1 Å². The number of carbonyl (C=O) groups is 2. The molecule has 2 amide bonds. The molecule has 1 aromatic rings. The van der Waals surface area contributed by atoms with Gasteiger partial charge in [0.25, 0.3) is 5.91 Å². The van der Waals surface area contributed by atoms with Crippen molar-refractivity contribution < 1.29 is 27.5 Å². The van der Waals surface area contributed by atoms with Crippen molar-refractivity contribution in [1.29, 1.82) is 5.26 Å². The summed E-state index contributed by atoms with van der Waals surface area (Å²) in [7, 11) is 0. The van der Waals surface area contributed by atoms with Crippen molar-refractivity contribution in [2.45, 2.75) is 13.1 Å². The van der Waals surface area contributed by atoms with Crippen LogP contribution in [0, 0.1) is 11.3 Å². The third-order valence-electron chi connectivity index (χ3n) is 2.52. The molecule has 0 spiro atoms. The van der Waals surface area contributed by atoms with Crippen LogP contribution in [0.5, 0.6) is 0 Å². The van der Waals surface area contributed by atoms with Gasteiger partial charge in [-0.25, -0.2) is 4.79 Å². The number of hydrogen-bond acceptors (Lipinski definition) is 5. The maximum absolute atomic E-state index is 12.5. The number of ether oxygens (including phenoxy) is 1. The normalized spacial score (nSPS) is 11.4. The van der Waals surface area contributed by atoms with Crippen LogP contribution in [0.4, 0.5) is 23.7 Å². The number of alkyl carbamates (subject to hydrolysis) is 1. The molecule has 0 heterocycles. The fourth-order valence-electron chi connectivity index (χ4n) is 1.43. The van der Waals surface area contributed by atoms with E-state index >= 15 is 0 Å². The molecule has 10 heteroatoms. The number of anilines is 1. The number of imide groups is 1. The number of carbonyl (C=O) groups excluding carboxylic acids is 2. The van der Waals surface area contributed by atoms with Gasteiger partial charge in [0.15, 0.2) is 0 Å². The van der Waals surface area contributed by atoms with E-state index in [9.17, 15) is 22.8 Å². The van der Waals surface area contributed by atoms with Crippen LogP contribution >= 0.6 is 11.6 Å². The second kappa shape index (κ2) is 8.21. The number of nitrogens with one attached hydrogen (secondary N) is 2. The predicted octanol–water partition coefficient (Wildman–Crippen LogP) is 3.45. The Hall–Kier alpha value is -2.73. The lowest BCUT2D eigenvalue weighted by molar-refractivity contribution is -0.137. The van der Waals surface area contributed by atoms with Gasteiger partial charge in [0.1, 0.15) is 11.6 Å². The standard InChI is InChI=1S/C14H11ClF3N3O3/c1-2-24-13(23)21-12(22)8(6-19)7-20-11-4-3-9(5-10(11)15)14(16,17)18/h3-5,7,20H,2H2,1H3,(H,21,22,23). The average molecular weight is 362 g/mol. The van der Waals surface area contributed by atoms with Crippen LogP contribution < -0.4 is 10.6 Å². The smallest absolute Gasteiger partial charge is 0.416 e. The fraction of sp³-hybridized carbons (Fsp3) is 0.214. The number of nitrogens with zero attached hydrogens (tertiary/aromatic N) is 1. The van der Waals surface area contributed by atoms with E-state index in [1.54, 1.807) is 5.32 Å². The zero-order chi connectivity index (χ0) is 18.3. The van der Waals surface area contributed by atoms with Crippen LogP contribution in [0.15, 0.2) is 30.0 Å². The summed E-state index contributed by atoms with van der Waals surface area (Å²) < 4.78 is 42.1. The Balaban J connectivity index is 2.88. The molecule has 0 aliphatic rings. The molecule has 0 radical (unpaired) electrons. The van der Waals surface area contributed by atoms with Crippen molar-refractivity contribution in [3.63, 3.8) is 0 Å². The van der Waals surface area contributed by atoms with E-state index in [-0.39, 0.29) is 17.3 Å². The van der Waals surface area contributed by atoms with Crippen molar-refractivity contribution >= 4 is 29.3 Å². The summed E-state index contributed by atoms with van der Waals surface area (Å²) in [4.78, 5) is 22.7. The van der Waals surface area contributed by atoms with E-state index in [1.807, 2.05) is 0 Å². The molecular weight excluding hydrogens is 351 g/mol. The largest absolute Gasteiger partial charge is 0.450 e. The van der Waals surface area contributed by atoms with Crippen LogP contribution in [-0.4, -0.2) is 18.6 Å². The minimum absolute atomic E-state index is 0.0319. The highest BCUT2D eigenvalue weighted by Crippen LogP contribution is 2.33. The summed E-state index contributed by atoms with van der Waals surface area (Å²) in [5.74, 6) is -1.04. The monoisotopic (exact) mass is 361 g/mol. The number of benzene rings is 1. The van der Waals surface area contributed by atoms with Gasteiger partial charge < -0.3 is 10.1 Å². The van der Waals surface area contributed by atoms with Crippen LogP contribution in [0.2, 0.25) is 5.02 Å². The van der Waals surface area contributed by atoms with Crippen molar-refractivity contribution in [2.75, 3.05) is 11.9 Å². The Labute approximate surface area is 139 Å². The lowest BCUT2D eigenvalue weighted by Crippen LogP contribution is -2.32. The molecule has 0 bridgehead atoms. The van der Waals surface area contributed by atoms with Gasteiger partial charge in [0, 0.05) is 6.20 Å². The first-order valence-electron chi connectivity index (χ1n) is 6.40. The second-order valence-corrected chi connectivity index (χ2v) is 4.59. The number of halogens is 4. The Kier molecular flexibility index (Phi) is 6.61. The minimum atomic E-state index is -4.55. The van der Waals surface area contributed by atoms with Crippen LogP contribution in [0.1, 0.15) is 12.5 Å². The number of nitriles is 1. The lowest BCUT2D eigenvalue weighted by atomic mass is 10.2. The Morgan fingerprint density at radius 3 is 2.58 bits per heavy atom. The Morgan fingerprint density at radius 2 is 2.08 bits per heavy atom. The molecule has 0 unspecified atom stereocenters. The summed E-state index contributed by atoms with van der Waals surface area (Å²) in [6.45, 7) is 1.56. The van der Waals surface area contributed by atoms with Gasteiger partial charge in [-0.3, -0.25) is 10.1 Å². The summed E-state index contributed by atoms with van der Waals surface area (Å²) in [6.07, 6.45) is -4.67. The predicted molar refractivity (Wildman–Crippen MR) is 78.9 cm³/mol. The zero-order valence-corrected chi connectivity index (χ0v) is 13.0. The maximum Gasteiger partial charge on any atom is 0.416 e. The molecule has 24 heavy (non-hydrogen) atoms. The maximum atomic E-state index is 12.5. The molecule has 128 valence electrons. The first-order valence-corrected chi connectivity index (χ1v) is 6.78. The highest BCUT2D eigenvalue weighted by Gasteiger charge is 2.30. The topological polar surface area (TPSA) is 91.2 Å². The Morgan fingerprint density at radius 1 is 1.42 bits per heavy atom. The van der Waals surface area contributed by atoms with E-state index < -0.39 is 29.3 Å². The highest BCUT2D eigenvalue weighted by atomic mass is 35.5. The molecule has 0 aliphatic carbocycles. The molecule has 0 saturated carbocycles. The minimum Gasteiger partial charge on any atom is -0.450 e. The first-order chi connectivity index (χ1) is 11.2. The average Bonchev–Trinajstić information content (AvgIpc) is 2.48. The summed E-state index contributed by atoms with van der Waals surface area (Å²) in [5.41, 5.74) is -1.40. The lowest BCUT2D eigenvalue weighted by Gasteiger charge is -2.10. The highest BCUT2D eigenvalue weighted by molar-refractivity contribution is 6.33. The molecule has 0 aromatic heterocycles. The molecule has 2 N–H and O–H groups in total. The quantitative estimate of drug-likeness (QED) is 0.633. The van der Waals surface area contributed by atoms with Crippen molar-refractivity contribution in [3.8, 4) is 6.07 Å². The molecule has 0 fully saturated rings. The number of hydrogen-bond donors (Lipinski definition) is 2. The second-order valence-electron chi connectivity index (χ2n) is 4.18. The summed E-state index contributed by atoms with van der Waals surface area (Å²) in [5, 5.41) is 12.9. The van der Waals surface area contributed by atoms with Crippen LogP contribution in [0.25, 0.3) is 0 Å². The number of amides is 2. The SMILES string of the molecule is CCOC(=O)NC(=O)C(C#N)=CNc1ccc(C(F)(F)F)cc1Cl. The van der Waals surface area contributed by atoms with Crippen molar-refractivity contribution in [2.24, 2.45) is 0 Å². The van der Waals surface area contributed by atoms with E-state index in [4.69, 9.17) is 16.9 Å².